The Hall–Kier alpha value is -1.84. The number of amides is 1. The summed E-state index contributed by atoms with van der Waals surface area (Å²) < 4.78 is 18.2. The van der Waals surface area contributed by atoms with Crippen LogP contribution in [0.2, 0.25) is 0 Å². The third-order valence-electron chi connectivity index (χ3n) is 4.99. The molecule has 1 amide bonds. The monoisotopic (exact) mass is 317 g/mol. The van der Waals surface area contributed by atoms with E-state index in [4.69, 9.17) is 4.74 Å². The molecule has 0 bridgehead atoms. The van der Waals surface area contributed by atoms with Gasteiger partial charge < -0.3 is 9.64 Å². The van der Waals surface area contributed by atoms with Crippen molar-refractivity contribution in [1.29, 1.82) is 0 Å². The molecule has 0 unspecified atom stereocenters. The van der Waals surface area contributed by atoms with Gasteiger partial charge in [-0.25, -0.2) is 4.39 Å². The van der Waals surface area contributed by atoms with Crippen LogP contribution in [-0.4, -0.2) is 30.0 Å². The van der Waals surface area contributed by atoms with Gasteiger partial charge in [-0.2, -0.15) is 0 Å². The molecule has 0 atom stereocenters. The van der Waals surface area contributed by atoms with Crippen molar-refractivity contribution in [3.63, 3.8) is 0 Å². The van der Waals surface area contributed by atoms with Crippen LogP contribution >= 0.6 is 0 Å². The number of benzene rings is 1. The molecule has 3 rings (SSSR count). The number of hydrogen-bond acceptors (Lipinski definition) is 2. The lowest BCUT2D eigenvalue weighted by molar-refractivity contribution is 0.0663. The lowest BCUT2D eigenvalue weighted by Crippen LogP contribution is -2.43. The Morgan fingerprint density at radius 3 is 2.87 bits per heavy atom. The Morgan fingerprint density at radius 1 is 1.39 bits per heavy atom. The van der Waals surface area contributed by atoms with E-state index in [-0.39, 0.29) is 12.5 Å². The van der Waals surface area contributed by atoms with Gasteiger partial charge in [0.1, 0.15) is 12.4 Å². The Labute approximate surface area is 137 Å². The molecule has 1 aliphatic carbocycles. The van der Waals surface area contributed by atoms with Crippen LogP contribution in [0.5, 0.6) is 5.75 Å². The fourth-order valence-electron chi connectivity index (χ4n) is 3.52. The van der Waals surface area contributed by atoms with Crippen molar-refractivity contribution in [2.75, 3.05) is 13.2 Å². The summed E-state index contributed by atoms with van der Waals surface area (Å²) >= 11 is 0. The summed E-state index contributed by atoms with van der Waals surface area (Å²) in [6.07, 6.45) is 6.85. The normalized spacial score (nSPS) is 19.1. The zero-order valence-electron chi connectivity index (χ0n) is 13.7. The van der Waals surface area contributed by atoms with E-state index in [2.05, 4.69) is 4.90 Å². The molecule has 1 aromatic rings. The number of nitrogens with zero attached hydrogens (tertiary/aromatic N) is 1. The van der Waals surface area contributed by atoms with Gasteiger partial charge in [-0.05, 0) is 55.0 Å². The molecule has 23 heavy (non-hydrogen) atoms. The maximum Gasteiger partial charge on any atom is 0.254 e. The Bertz CT molecular complexity index is 605. The van der Waals surface area contributed by atoms with Crippen molar-refractivity contribution in [1.82, 2.24) is 4.90 Å². The highest BCUT2D eigenvalue weighted by atomic mass is 19.1. The van der Waals surface area contributed by atoms with Crippen LogP contribution in [0.4, 0.5) is 4.39 Å². The smallest absolute Gasteiger partial charge is 0.254 e. The van der Waals surface area contributed by atoms with Gasteiger partial charge in [0, 0.05) is 18.2 Å². The molecule has 0 spiro atoms. The second kappa shape index (κ2) is 7.16. The van der Waals surface area contributed by atoms with Gasteiger partial charge in [0.15, 0.2) is 0 Å². The van der Waals surface area contributed by atoms with Gasteiger partial charge in [0.05, 0.1) is 6.33 Å². The fourth-order valence-corrected chi connectivity index (χ4v) is 3.52. The first kappa shape index (κ1) is 16.0. The molecule has 1 heterocycles. The van der Waals surface area contributed by atoms with Crippen LogP contribution in [0.15, 0.2) is 30.1 Å². The second-order valence-corrected chi connectivity index (χ2v) is 6.42. The van der Waals surface area contributed by atoms with Crippen molar-refractivity contribution >= 4 is 5.91 Å². The predicted octanol–water partition coefficient (Wildman–Crippen LogP) is 4.27. The molecular formula is C19H24FNO2. The minimum absolute atomic E-state index is 0.155. The Kier molecular flexibility index (Phi) is 4.99. The van der Waals surface area contributed by atoms with E-state index in [9.17, 15) is 9.18 Å². The van der Waals surface area contributed by atoms with Gasteiger partial charge >= 0.3 is 0 Å². The van der Waals surface area contributed by atoms with Crippen molar-refractivity contribution < 1.29 is 13.9 Å². The van der Waals surface area contributed by atoms with Gasteiger partial charge in [0.25, 0.3) is 5.91 Å². The highest BCUT2D eigenvalue weighted by Crippen LogP contribution is 2.30. The van der Waals surface area contributed by atoms with E-state index in [0.717, 1.165) is 36.9 Å². The molecule has 2 aliphatic rings. The molecular weight excluding hydrogens is 293 g/mol. The minimum Gasteiger partial charge on any atom is -0.489 e. The van der Waals surface area contributed by atoms with Crippen molar-refractivity contribution in [2.24, 2.45) is 0 Å². The number of carbonyl (C=O) groups is 1. The van der Waals surface area contributed by atoms with Gasteiger partial charge in [-0.3, -0.25) is 4.79 Å². The molecule has 124 valence electrons. The van der Waals surface area contributed by atoms with Crippen LogP contribution < -0.4 is 4.74 Å². The van der Waals surface area contributed by atoms with E-state index in [1.54, 1.807) is 0 Å². The maximum atomic E-state index is 12.7. The molecule has 1 aromatic carbocycles. The Balaban J connectivity index is 1.71. The lowest BCUT2D eigenvalue weighted by atomic mass is 9.97. The molecule has 0 saturated heterocycles. The molecule has 0 aromatic heterocycles. The second-order valence-electron chi connectivity index (χ2n) is 6.42. The number of rotatable bonds is 5. The summed E-state index contributed by atoms with van der Waals surface area (Å²) in [6.45, 7) is 2.95. The summed E-state index contributed by atoms with van der Waals surface area (Å²) in [5.41, 5.74) is 2.47. The van der Waals surface area contributed by atoms with Crippen molar-refractivity contribution in [3.8, 4) is 5.75 Å². The standard InChI is InChI=1S/C19H24FNO2/c1-2-14(12-20)13-23-17-7-8-18-15(11-17)9-10-21(19(18)22)16-5-3-4-6-16/h7-8,11-12,16H,2-6,9-10,13H2,1H3. The van der Waals surface area contributed by atoms with Gasteiger partial charge in [-0.15, -0.1) is 0 Å². The zero-order chi connectivity index (χ0) is 16.2. The fraction of sp³-hybridized carbons (Fsp3) is 0.526. The summed E-state index contributed by atoms with van der Waals surface area (Å²) in [4.78, 5) is 14.8. The average molecular weight is 317 g/mol. The lowest BCUT2D eigenvalue weighted by Gasteiger charge is -2.33. The van der Waals surface area contributed by atoms with E-state index < -0.39 is 0 Å². The zero-order valence-corrected chi connectivity index (χ0v) is 13.7. The van der Waals surface area contributed by atoms with E-state index in [0.29, 0.717) is 30.1 Å². The molecule has 1 saturated carbocycles. The molecule has 0 N–H and O–H groups in total. The van der Waals surface area contributed by atoms with Gasteiger partial charge in [0.2, 0.25) is 0 Å². The number of ether oxygens (including phenoxy) is 1. The quantitative estimate of drug-likeness (QED) is 0.811. The van der Waals surface area contributed by atoms with E-state index in [1.807, 2.05) is 25.1 Å². The SMILES string of the molecule is CCC(=CF)COc1ccc2c(c1)CCN(C1CCCC1)C2=O. The summed E-state index contributed by atoms with van der Waals surface area (Å²) in [7, 11) is 0. The number of fused-ring (bicyclic) bond motifs is 1. The maximum absolute atomic E-state index is 12.7. The van der Waals surface area contributed by atoms with Crippen LogP contribution in [0.25, 0.3) is 0 Å². The third kappa shape index (κ3) is 3.41. The average Bonchev–Trinajstić information content (AvgIpc) is 3.10. The first-order valence-electron chi connectivity index (χ1n) is 8.57. The number of halogens is 1. The summed E-state index contributed by atoms with van der Waals surface area (Å²) in [5, 5.41) is 0. The highest BCUT2D eigenvalue weighted by molar-refractivity contribution is 5.97. The van der Waals surface area contributed by atoms with Crippen LogP contribution in [0, 0.1) is 0 Å². The molecule has 4 heteroatoms. The van der Waals surface area contributed by atoms with E-state index >= 15 is 0 Å². The number of carbonyl (C=O) groups excluding carboxylic acids is 1. The topological polar surface area (TPSA) is 29.5 Å². The van der Waals surface area contributed by atoms with Crippen LogP contribution in [-0.2, 0) is 6.42 Å². The molecule has 0 radical (unpaired) electrons. The van der Waals surface area contributed by atoms with Crippen molar-refractivity contribution in [3.05, 3.63) is 41.2 Å². The first-order valence-corrected chi connectivity index (χ1v) is 8.57. The third-order valence-corrected chi connectivity index (χ3v) is 4.99. The Morgan fingerprint density at radius 2 is 2.17 bits per heavy atom. The number of hydrogen-bond donors (Lipinski definition) is 0. The predicted molar refractivity (Wildman–Crippen MR) is 88.4 cm³/mol. The molecule has 1 aliphatic heterocycles. The van der Waals surface area contributed by atoms with Crippen LogP contribution in [0.1, 0.15) is 54.9 Å². The molecule has 1 fully saturated rings. The largest absolute Gasteiger partial charge is 0.489 e. The summed E-state index contributed by atoms with van der Waals surface area (Å²) in [5.74, 6) is 0.862. The van der Waals surface area contributed by atoms with Gasteiger partial charge in [-0.1, -0.05) is 19.8 Å². The molecule has 3 nitrogen and oxygen atoms in total. The first-order chi connectivity index (χ1) is 11.2. The van der Waals surface area contributed by atoms with Crippen molar-refractivity contribution in [2.45, 2.75) is 51.5 Å². The van der Waals surface area contributed by atoms with Crippen LogP contribution in [0.3, 0.4) is 0 Å². The minimum atomic E-state index is 0.155. The summed E-state index contributed by atoms with van der Waals surface area (Å²) in [6, 6.07) is 6.04. The highest BCUT2D eigenvalue weighted by Gasteiger charge is 2.31. The van der Waals surface area contributed by atoms with E-state index in [1.165, 1.54) is 12.8 Å².